The molecule has 3 heteroatoms. The van der Waals surface area contributed by atoms with Crippen molar-refractivity contribution in [1.29, 1.82) is 0 Å². The highest BCUT2D eigenvalue weighted by molar-refractivity contribution is 6.29. The van der Waals surface area contributed by atoms with Crippen LogP contribution in [-0.4, -0.2) is 13.7 Å². The standard InChI is InChI=1S/C48H31N.C42H27N.C36H23N/c1-3-12-32(13-4-1)35-23-26-47-45(30-35)46-31-37(24-27-48(46)49(47)38-16-5-2-6-17-38)34-15-11-14-33(28-34)36-22-25-43-41-20-8-7-18-39(41)40-19-9-10-21-42(40)44(43)29-36;1-2-13-32(14-3-1)43-41-20-9-8-19-38(41)40-27-31(22-24-42(40)43)29-12-10-11-28(25-29)30-21-23-37-35-17-5-4-15-33(35)34-16-6-7-18-36(34)39(37)26-30;1-2-14-28-26(12-1)27-13-3-4-15-29(27)33-23-24(21-22-30(28)33)25-11-5-8-18-34(25)37-35-19-9-6-16-31(35)32-17-7-10-20-36(32)37/h1-31H;1-27H;1-23H. The van der Waals surface area contributed by atoms with Crippen molar-refractivity contribution in [2.24, 2.45) is 0 Å². The van der Waals surface area contributed by atoms with Crippen LogP contribution in [0.2, 0.25) is 0 Å². The molecule has 0 fully saturated rings. The van der Waals surface area contributed by atoms with Gasteiger partial charge < -0.3 is 13.7 Å². The summed E-state index contributed by atoms with van der Waals surface area (Å²) in [6, 6.07) is 179. The Morgan fingerprint density at radius 2 is 0.310 bits per heavy atom. The Balaban J connectivity index is 0.000000106. The third-order valence-corrected chi connectivity index (χ3v) is 26.9. The van der Waals surface area contributed by atoms with Gasteiger partial charge in [0.25, 0.3) is 0 Å². The lowest BCUT2D eigenvalue weighted by Crippen LogP contribution is -1.97. The number of fused-ring (bicyclic) bond motifs is 27. The molecule has 0 aliphatic carbocycles. The van der Waals surface area contributed by atoms with Crippen molar-refractivity contribution in [2.45, 2.75) is 0 Å². The first-order valence-electron chi connectivity index (χ1n) is 44.6. The highest BCUT2D eigenvalue weighted by Gasteiger charge is 2.22. The van der Waals surface area contributed by atoms with Gasteiger partial charge in [-0.05, 0) is 273 Å². The zero-order valence-electron chi connectivity index (χ0n) is 70.6. The molecule has 27 rings (SSSR count). The van der Waals surface area contributed by atoms with Crippen LogP contribution >= 0.6 is 0 Å². The van der Waals surface area contributed by atoms with E-state index < -0.39 is 0 Å². The SMILES string of the molecule is c1ccc(-c2ccc3c(c2)c2cc(-c4cccc(-c5ccc6c7ccccc7c7ccccc7c6c5)c4)ccc2n3-c2ccccc2)cc1.c1ccc(-n2c3ccccc3c3cc(-c4cccc(-c5ccc6c7ccccc7c7ccccc7c6c5)c4)ccc32)cc1.c1ccc(-n2c3ccccc3c3ccccc32)c(-c2ccc3c4ccccc4c4ccccc4c3c2)c1. The van der Waals surface area contributed by atoms with E-state index in [2.05, 4.69) is 505 Å². The van der Waals surface area contributed by atoms with Crippen LogP contribution in [-0.2, 0) is 0 Å². The molecule has 0 atom stereocenters. The summed E-state index contributed by atoms with van der Waals surface area (Å²) < 4.78 is 7.18. The quantitative estimate of drug-likeness (QED) is 0.128. The van der Waals surface area contributed by atoms with Gasteiger partial charge >= 0.3 is 0 Å². The molecule has 129 heavy (non-hydrogen) atoms. The Labute approximate surface area is 746 Å². The molecular formula is C126H81N3. The van der Waals surface area contributed by atoms with E-state index in [1.54, 1.807) is 0 Å². The van der Waals surface area contributed by atoms with Gasteiger partial charge in [0.05, 0.1) is 38.8 Å². The first-order valence-corrected chi connectivity index (χ1v) is 44.6. The van der Waals surface area contributed by atoms with E-state index in [9.17, 15) is 0 Å². The lowest BCUT2D eigenvalue weighted by molar-refractivity contribution is 1.18. The lowest BCUT2D eigenvalue weighted by Gasteiger charge is -2.16. The van der Waals surface area contributed by atoms with Gasteiger partial charge in [0.15, 0.2) is 0 Å². The Morgan fingerprint density at radius 1 is 0.101 bits per heavy atom. The molecule has 3 aromatic heterocycles. The molecule has 0 spiro atoms. The number of nitrogens with zero attached hydrogens (tertiary/aromatic N) is 3. The molecule has 0 N–H and O–H groups in total. The van der Waals surface area contributed by atoms with Gasteiger partial charge in [0, 0.05) is 49.3 Å². The Morgan fingerprint density at radius 3 is 0.667 bits per heavy atom. The molecule has 0 aliphatic heterocycles. The number of benzene rings is 24. The van der Waals surface area contributed by atoms with Gasteiger partial charge in [-0.3, -0.25) is 0 Å². The monoisotopic (exact) mass is 1640 g/mol. The maximum absolute atomic E-state index is 2.42. The van der Waals surface area contributed by atoms with Crippen molar-refractivity contribution in [3.63, 3.8) is 0 Å². The van der Waals surface area contributed by atoms with Gasteiger partial charge in [-0.15, -0.1) is 0 Å². The predicted octanol–water partition coefficient (Wildman–Crippen LogP) is 34.7. The van der Waals surface area contributed by atoms with Crippen LogP contribution in [0.15, 0.2) is 491 Å². The van der Waals surface area contributed by atoms with Crippen molar-refractivity contribution in [2.75, 3.05) is 0 Å². The summed E-state index contributed by atoms with van der Waals surface area (Å²) in [5, 5.41) is 31.0. The predicted molar refractivity (Wildman–Crippen MR) is 553 cm³/mol. The molecule has 24 aromatic carbocycles. The van der Waals surface area contributed by atoms with Crippen molar-refractivity contribution >= 4 is 162 Å². The summed E-state index contributed by atoms with van der Waals surface area (Å²) in [5.41, 5.74) is 25.6. The van der Waals surface area contributed by atoms with Crippen LogP contribution in [0.1, 0.15) is 0 Å². The van der Waals surface area contributed by atoms with Gasteiger partial charge in [0.2, 0.25) is 0 Å². The largest absolute Gasteiger partial charge is 0.309 e. The molecule has 3 heterocycles. The summed E-state index contributed by atoms with van der Waals surface area (Å²) in [7, 11) is 0. The highest BCUT2D eigenvalue weighted by Crippen LogP contribution is 2.46. The first kappa shape index (κ1) is 74.6. The summed E-state index contributed by atoms with van der Waals surface area (Å²) in [6.07, 6.45) is 0. The summed E-state index contributed by atoms with van der Waals surface area (Å²) in [6.45, 7) is 0. The number of aromatic nitrogens is 3. The Bertz CT molecular complexity index is 9030. The maximum Gasteiger partial charge on any atom is 0.0541 e. The number of rotatable bonds is 9. The van der Waals surface area contributed by atoms with E-state index in [0.29, 0.717) is 0 Å². The Kier molecular flexibility index (Phi) is 18.0. The summed E-state index contributed by atoms with van der Waals surface area (Å²) >= 11 is 0. The zero-order chi connectivity index (χ0) is 85.0. The number of hydrogen-bond acceptors (Lipinski definition) is 0. The van der Waals surface area contributed by atoms with Gasteiger partial charge in [0.1, 0.15) is 0 Å². The third kappa shape index (κ3) is 12.6. The molecule has 0 amide bonds. The zero-order valence-corrected chi connectivity index (χ0v) is 70.6. The number of hydrogen-bond donors (Lipinski definition) is 0. The molecule has 0 saturated heterocycles. The highest BCUT2D eigenvalue weighted by atomic mass is 15.0. The minimum absolute atomic E-state index is 1.17. The Hall–Kier alpha value is -17.0. The lowest BCUT2D eigenvalue weighted by atomic mass is 9.91. The molecular weight excluding hydrogens is 1560 g/mol. The molecule has 0 saturated carbocycles. The van der Waals surface area contributed by atoms with E-state index >= 15 is 0 Å². The van der Waals surface area contributed by atoms with Crippen molar-refractivity contribution < 1.29 is 0 Å². The van der Waals surface area contributed by atoms with Gasteiger partial charge in [-0.25, -0.2) is 0 Å². The van der Waals surface area contributed by atoms with Crippen LogP contribution in [0, 0.1) is 0 Å². The van der Waals surface area contributed by atoms with E-state index in [0.717, 1.165) is 0 Å². The average Bonchev–Trinajstić information content (AvgIpc) is 0.957. The third-order valence-electron chi connectivity index (χ3n) is 26.9. The van der Waals surface area contributed by atoms with E-state index in [-0.39, 0.29) is 0 Å². The van der Waals surface area contributed by atoms with Crippen LogP contribution in [0.3, 0.4) is 0 Å². The fraction of sp³-hybridized carbons (Fsp3) is 0. The normalized spacial score (nSPS) is 11.7. The van der Waals surface area contributed by atoms with Gasteiger partial charge in [-0.2, -0.15) is 0 Å². The fourth-order valence-electron chi connectivity index (χ4n) is 21.0. The fourth-order valence-corrected chi connectivity index (χ4v) is 21.0. The molecule has 0 radical (unpaired) electrons. The second-order valence-electron chi connectivity index (χ2n) is 34.0. The molecule has 3 nitrogen and oxygen atoms in total. The van der Waals surface area contributed by atoms with Crippen LogP contribution in [0.5, 0.6) is 0 Å². The molecule has 600 valence electrons. The minimum Gasteiger partial charge on any atom is -0.309 e. The second kappa shape index (κ2) is 31.1. The van der Waals surface area contributed by atoms with Gasteiger partial charge in [-0.1, -0.05) is 376 Å². The minimum atomic E-state index is 1.17. The average molecular weight is 1640 g/mol. The summed E-state index contributed by atoms with van der Waals surface area (Å²) in [4.78, 5) is 0. The molecule has 0 unspecified atom stereocenters. The molecule has 0 aliphatic rings. The molecule has 27 aromatic rings. The smallest absolute Gasteiger partial charge is 0.0541 e. The van der Waals surface area contributed by atoms with E-state index in [1.165, 1.54) is 246 Å². The van der Waals surface area contributed by atoms with E-state index in [1.807, 2.05) is 0 Å². The van der Waals surface area contributed by atoms with Crippen molar-refractivity contribution in [3.8, 4) is 83.8 Å². The van der Waals surface area contributed by atoms with E-state index in [4.69, 9.17) is 0 Å². The molecule has 0 bridgehead atoms. The second-order valence-corrected chi connectivity index (χ2v) is 34.0. The van der Waals surface area contributed by atoms with Crippen LogP contribution < -0.4 is 0 Å². The topological polar surface area (TPSA) is 14.8 Å². The summed E-state index contributed by atoms with van der Waals surface area (Å²) in [5.74, 6) is 0. The maximum atomic E-state index is 2.42. The van der Waals surface area contributed by atoms with Crippen LogP contribution in [0.4, 0.5) is 0 Å². The first-order chi connectivity index (χ1) is 64.0. The van der Waals surface area contributed by atoms with Crippen LogP contribution in [0.25, 0.3) is 246 Å². The number of para-hydroxylation sites is 6. The van der Waals surface area contributed by atoms with Crippen molar-refractivity contribution in [1.82, 2.24) is 13.7 Å². The van der Waals surface area contributed by atoms with Crippen molar-refractivity contribution in [3.05, 3.63) is 491 Å².